The molecular formula is C12H22N2O4. The zero-order valence-electron chi connectivity index (χ0n) is 10.6. The molecule has 0 aromatic carbocycles. The van der Waals surface area contributed by atoms with Crippen LogP contribution in [0.1, 0.15) is 25.7 Å². The minimum Gasteiger partial charge on any atom is -0.481 e. The van der Waals surface area contributed by atoms with E-state index in [2.05, 4.69) is 0 Å². The molecule has 0 aliphatic carbocycles. The SMILES string of the molecule is NCCOCC(=O)N1CCC(CCC(=O)O)CC1. The number of carboxylic acid groups (broad SMARTS) is 1. The standard InChI is InChI=1S/C12H22N2O4/c13-5-8-18-9-11(15)14-6-3-10(4-7-14)1-2-12(16)17/h10H,1-9,13H2,(H,16,17). The van der Waals surface area contributed by atoms with E-state index in [1.165, 1.54) is 0 Å². The van der Waals surface area contributed by atoms with Crippen molar-refractivity contribution in [2.45, 2.75) is 25.7 Å². The predicted octanol–water partition coefficient (Wildman–Crippen LogP) is 0.0651. The number of amides is 1. The minimum atomic E-state index is -0.747. The summed E-state index contributed by atoms with van der Waals surface area (Å²) in [5, 5.41) is 8.61. The first-order valence-electron chi connectivity index (χ1n) is 6.41. The number of likely N-dealkylation sites (tertiary alicyclic amines) is 1. The summed E-state index contributed by atoms with van der Waals surface area (Å²) in [6.45, 7) is 2.33. The number of rotatable bonds is 7. The summed E-state index contributed by atoms with van der Waals surface area (Å²) in [6.07, 6.45) is 2.70. The summed E-state index contributed by atoms with van der Waals surface area (Å²) in [6, 6.07) is 0. The smallest absolute Gasteiger partial charge is 0.303 e. The highest BCUT2D eigenvalue weighted by molar-refractivity contribution is 5.77. The van der Waals surface area contributed by atoms with E-state index in [-0.39, 0.29) is 18.9 Å². The van der Waals surface area contributed by atoms with Gasteiger partial charge in [0.25, 0.3) is 0 Å². The van der Waals surface area contributed by atoms with Crippen LogP contribution in [0.4, 0.5) is 0 Å². The Morgan fingerprint density at radius 2 is 2.00 bits per heavy atom. The molecule has 104 valence electrons. The van der Waals surface area contributed by atoms with E-state index in [1.807, 2.05) is 0 Å². The number of carbonyl (C=O) groups excluding carboxylic acids is 1. The van der Waals surface area contributed by atoms with Gasteiger partial charge in [0, 0.05) is 26.1 Å². The van der Waals surface area contributed by atoms with Crippen LogP contribution in [0.25, 0.3) is 0 Å². The third kappa shape index (κ3) is 5.46. The fraction of sp³-hybridized carbons (Fsp3) is 0.833. The third-order valence-electron chi connectivity index (χ3n) is 3.22. The highest BCUT2D eigenvalue weighted by atomic mass is 16.5. The van der Waals surface area contributed by atoms with Gasteiger partial charge in [-0.15, -0.1) is 0 Å². The Labute approximate surface area is 107 Å². The van der Waals surface area contributed by atoms with Crippen molar-refractivity contribution in [1.29, 1.82) is 0 Å². The first-order chi connectivity index (χ1) is 8.63. The molecule has 0 aromatic heterocycles. The second-order valence-electron chi connectivity index (χ2n) is 4.60. The van der Waals surface area contributed by atoms with Crippen molar-refractivity contribution in [1.82, 2.24) is 4.90 Å². The molecule has 1 amide bonds. The van der Waals surface area contributed by atoms with Gasteiger partial charge < -0.3 is 20.5 Å². The topological polar surface area (TPSA) is 92.9 Å². The van der Waals surface area contributed by atoms with Gasteiger partial charge in [0.15, 0.2) is 0 Å². The Hall–Kier alpha value is -1.14. The van der Waals surface area contributed by atoms with Crippen molar-refractivity contribution in [3.8, 4) is 0 Å². The second-order valence-corrected chi connectivity index (χ2v) is 4.60. The number of carboxylic acids is 1. The Morgan fingerprint density at radius 1 is 1.33 bits per heavy atom. The number of nitrogens with two attached hydrogens (primary N) is 1. The average molecular weight is 258 g/mol. The summed E-state index contributed by atoms with van der Waals surface area (Å²) in [7, 11) is 0. The van der Waals surface area contributed by atoms with Gasteiger partial charge in [0.1, 0.15) is 6.61 Å². The monoisotopic (exact) mass is 258 g/mol. The zero-order valence-corrected chi connectivity index (χ0v) is 10.6. The molecule has 1 saturated heterocycles. The maximum atomic E-state index is 11.7. The Morgan fingerprint density at radius 3 is 2.56 bits per heavy atom. The Kier molecular flexibility index (Phi) is 6.67. The van der Waals surface area contributed by atoms with Crippen LogP contribution in [-0.2, 0) is 14.3 Å². The summed E-state index contributed by atoms with van der Waals surface area (Å²) < 4.78 is 5.11. The summed E-state index contributed by atoms with van der Waals surface area (Å²) in [5.74, 6) is -0.320. The lowest BCUT2D eigenvalue weighted by molar-refractivity contribution is -0.139. The molecule has 1 aliphatic heterocycles. The van der Waals surface area contributed by atoms with Crippen molar-refractivity contribution in [3.05, 3.63) is 0 Å². The number of piperidine rings is 1. The van der Waals surface area contributed by atoms with Crippen molar-refractivity contribution in [2.24, 2.45) is 11.7 Å². The van der Waals surface area contributed by atoms with E-state index in [4.69, 9.17) is 15.6 Å². The number of carbonyl (C=O) groups is 2. The summed E-state index contributed by atoms with van der Waals surface area (Å²) in [4.78, 5) is 24.0. The van der Waals surface area contributed by atoms with Gasteiger partial charge >= 0.3 is 5.97 Å². The molecular weight excluding hydrogens is 236 g/mol. The summed E-state index contributed by atoms with van der Waals surface area (Å²) in [5.41, 5.74) is 5.27. The zero-order chi connectivity index (χ0) is 13.4. The molecule has 3 N–H and O–H groups in total. The van der Waals surface area contributed by atoms with Gasteiger partial charge in [-0.3, -0.25) is 9.59 Å². The Bertz CT molecular complexity index is 275. The van der Waals surface area contributed by atoms with Crippen LogP contribution in [0, 0.1) is 5.92 Å². The molecule has 18 heavy (non-hydrogen) atoms. The van der Waals surface area contributed by atoms with Gasteiger partial charge in [0.2, 0.25) is 5.91 Å². The van der Waals surface area contributed by atoms with Crippen LogP contribution in [0.5, 0.6) is 0 Å². The van der Waals surface area contributed by atoms with E-state index < -0.39 is 5.97 Å². The van der Waals surface area contributed by atoms with E-state index in [9.17, 15) is 9.59 Å². The van der Waals surface area contributed by atoms with E-state index in [0.29, 0.717) is 38.6 Å². The van der Waals surface area contributed by atoms with Crippen molar-refractivity contribution >= 4 is 11.9 Å². The molecule has 6 nitrogen and oxygen atoms in total. The molecule has 0 spiro atoms. The maximum absolute atomic E-state index is 11.7. The van der Waals surface area contributed by atoms with Crippen LogP contribution in [0.2, 0.25) is 0 Å². The quantitative estimate of drug-likeness (QED) is 0.630. The molecule has 1 fully saturated rings. The third-order valence-corrected chi connectivity index (χ3v) is 3.22. The lowest BCUT2D eigenvalue weighted by Gasteiger charge is -2.31. The second kappa shape index (κ2) is 8.05. The van der Waals surface area contributed by atoms with Gasteiger partial charge in [-0.2, -0.15) is 0 Å². The molecule has 1 rings (SSSR count). The van der Waals surface area contributed by atoms with Crippen molar-refractivity contribution in [2.75, 3.05) is 32.8 Å². The lowest BCUT2D eigenvalue weighted by atomic mass is 9.92. The lowest BCUT2D eigenvalue weighted by Crippen LogP contribution is -2.40. The Balaban J connectivity index is 2.17. The highest BCUT2D eigenvalue weighted by Crippen LogP contribution is 2.21. The first kappa shape index (κ1) is 14.9. The molecule has 0 saturated carbocycles. The van der Waals surface area contributed by atoms with E-state index >= 15 is 0 Å². The van der Waals surface area contributed by atoms with Crippen LogP contribution in [0.15, 0.2) is 0 Å². The molecule has 6 heteroatoms. The highest BCUT2D eigenvalue weighted by Gasteiger charge is 2.22. The first-order valence-corrected chi connectivity index (χ1v) is 6.41. The van der Waals surface area contributed by atoms with Gasteiger partial charge in [-0.1, -0.05) is 0 Å². The number of hydrogen-bond acceptors (Lipinski definition) is 4. The molecule has 0 radical (unpaired) electrons. The van der Waals surface area contributed by atoms with Crippen molar-refractivity contribution in [3.63, 3.8) is 0 Å². The van der Waals surface area contributed by atoms with Gasteiger partial charge in [0.05, 0.1) is 6.61 Å². The molecule has 1 aliphatic rings. The largest absolute Gasteiger partial charge is 0.481 e. The number of aliphatic carboxylic acids is 1. The summed E-state index contributed by atoms with van der Waals surface area (Å²) >= 11 is 0. The normalized spacial score (nSPS) is 16.8. The fourth-order valence-electron chi connectivity index (χ4n) is 2.13. The molecule has 1 heterocycles. The predicted molar refractivity (Wildman–Crippen MR) is 66.0 cm³/mol. The molecule has 0 bridgehead atoms. The van der Waals surface area contributed by atoms with Crippen LogP contribution in [-0.4, -0.2) is 54.7 Å². The van der Waals surface area contributed by atoms with Crippen LogP contribution >= 0.6 is 0 Å². The molecule has 0 aromatic rings. The van der Waals surface area contributed by atoms with E-state index in [0.717, 1.165) is 12.8 Å². The molecule has 0 unspecified atom stereocenters. The van der Waals surface area contributed by atoms with Gasteiger partial charge in [-0.25, -0.2) is 0 Å². The van der Waals surface area contributed by atoms with Crippen LogP contribution < -0.4 is 5.73 Å². The van der Waals surface area contributed by atoms with E-state index in [1.54, 1.807) is 4.90 Å². The minimum absolute atomic E-state index is 0.000125. The van der Waals surface area contributed by atoms with Crippen LogP contribution in [0.3, 0.4) is 0 Å². The average Bonchev–Trinajstić information content (AvgIpc) is 2.37. The van der Waals surface area contributed by atoms with Gasteiger partial charge in [-0.05, 0) is 25.2 Å². The van der Waals surface area contributed by atoms with Crippen molar-refractivity contribution < 1.29 is 19.4 Å². The maximum Gasteiger partial charge on any atom is 0.303 e. The number of ether oxygens (including phenoxy) is 1. The fourth-order valence-corrected chi connectivity index (χ4v) is 2.13. The number of hydrogen-bond donors (Lipinski definition) is 2. The number of nitrogens with zero attached hydrogens (tertiary/aromatic N) is 1. The molecule has 0 atom stereocenters.